The number of fused-ring (bicyclic) bond motifs is 1. The zero-order chi connectivity index (χ0) is 25.5. The summed E-state index contributed by atoms with van der Waals surface area (Å²) in [6, 6.07) is 2.32. The quantitative estimate of drug-likeness (QED) is 0.571. The van der Waals surface area contributed by atoms with E-state index in [2.05, 4.69) is 25.9 Å². The van der Waals surface area contributed by atoms with Gasteiger partial charge in [0.15, 0.2) is 9.84 Å². The number of aromatic amines is 1. The van der Waals surface area contributed by atoms with Crippen molar-refractivity contribution in [2.24, 2.45) is 23.7 Å². The molecule has 198 valence electrons. The van der Waals surface area contributed by atoms with E-state index in [4.69, 9.17) is 0 Å². The van der Waals surface area contributed by atoms with Crippen LogP contribution < -0.4 is 5.32 Å². The van der Waals surface area contributed by atoms with E-state index in [9.17, 15) is 21.6 Å². The summed E-state index contributed by atoms with van der Waals surface area (Å²) < 4.78 is 66.7. The van der Waals surface area contributed by atoms with Crippen LogP contribution in [0.1, 0.15) is 74.8 Å². The molecule has 3 fully saturated rings. The number of hydrogen-bond donors (Lipinski definition) is 2. The van der Waals surface area contributed by atoms with Crippen molar-refractivity contribution >= 4 is 9.84 Å². The van der Waals surface area contributed by atoms with Crippen LogP contribution in [0.4, 0.5) is 13.2 Å². The molecule has 2 saturated carbocycles. The number of nitrogens with one attached hydrogen (secondary N) is 2. The number of H-pyrrole nitrogens is 1. The van der Waals surface area contributed by atoms with Crippen LogP contribution in [0.25, 0.3) is 11.4 Å². The molecular formula is C25H34F3N5O2S. The van der Waals surface area contributed by atoms with Gasteiger partial charge in [-0.25, -0.2) is 8.42 Å². The maximum Gasteiger partial charge on any atom is 0.417 e. The second-order valence-corrected chi connectivity index (χ2v) is 13.0. The van der Waals surface area contributed by atoms with E-state index in [1.165, 1.54) is 38.2 Å². The molecule has 2 N–H and O–H groups in total. The van der Waals surface area contributed by atoms with Crippen molar-refractivity contribution in [1.29, 1.82) is 0 Å². The van der Waals surface area contributed by atoms with E-state index in [1.807, 2.05) is 0 Å². The molecule has 0 bridgehead atoms. The average molecular weight is 526 g/mol. The second kappa shape index (κ2) is 10.0. The molecule has 0 radical (unpaired) electrons. The van der Waals surface area contributed by atoms with E-state index in [1.54, 1.807) is 0 Å². The van der Waals surface area contributed by atoms with Crippen LogP contribution >= 0.6 is 0 Å². The summed E-state index contributed by atoms with van der Waals surface area (Å²) in [4.78, 5) is -0.755. The number of tetrazole rings is 1. The Morgan fingerprint density at radius 2 is 1.75 bits per heavy atom. The van der Waals surface area contributed by atoms with Gasteiger partial charge in [0, 0.05) is 11.8 Å². The van der Waals surface area contributed by atoms with Crippen molar-refractivity contribution in [1.82, 2.24) is 25.9 Å². The molecule has 1 unspecified atom stereocenters. The number of nitrogens with zero attached hydrogens (tertiary/aromatic N) is 3. The number of halogens is 3. The predicted molar refractivity (Wildman–Crippen MR) is 129 cm³/mol. The molecule has 3 aliphatic rings. The van der Waals surface area contributed by atoms with Crippen molar-refractivity contribution in [3.63, 3.8) is 0 Å². The van der Waals surface area contributed by atoms with Crippen molar-refractivity contribution in [2.45, 2.75) is 74.8 Å². The molecular weight excluding hydrogens is 491 g/mol. The minimum Gasteiger partial charge on any atom is -0.316 e. The molecule has 2 heterocycles. The van der Waals surface area contributed by atoms with Crippen LogP contribution in [0.15, 0.2) is 17.0 Å². The minimum atomic E-state index is -4.82. The van der Waals surface area contributed by atoms with Crippen LogP contribution in [0.5, 0.6) is 0 Å². The fraction of sp³-hybridized carbons (Fsp3) is 0.720. The summed E-state index contributed by atoms with van der Waals surface area (Å²) in [7, 11) is -4.22. The van der Waals surface area contributed by atoms with Crippen molar-refractivity contribution < 1.29 is 21.6 Å². The lowest BCUT2D eigenvalue weighted by atomic mass is 9.67. The zero-order valence-electron chi connectivity index (χ0n) is 20.5. The number of hydrogen-bond acceptors (Lipinski definition) is 6. The topological polar surface area (TPSA) is 101 Å². The van der Waals surface area contributed by atoms with E-state index >= 15 is 0 Å². The largest absolute Gasteiger partial charge is 0.417 e. The van der Waals surface area contributed by atoms with E-state index in [0.29, 0.717) is 11.5 Å². The Morgan fingerprint density at radius 3 is 2.42 bits per heavy atom. The van der Waals surface area contributed by atoms with Gasteiger partial charge in [-0.2, -0.15) is 18.4 Å². The molecule has 1 aromatic carbocycles. The van der Waals surface area contributed by atoms with Gasteiger partial charge in [-0.3, -0.25) is 0 Å². The number of alkyl halides is 3. The average Bonchev–Trinajstić information content (AvgIpc) is 3.37. The molecule has 1 aliphatic heterocycles. The Bertz CT molecular complexity index is 1160. The monoisotopic (exact) mass is 525 g/mol. The standard InChI is InChI=1S/C25H34F3N5O2S/c1-36(34,35)23-21(25(26,27)28)9-8-20(22(23)24-30-32-33-31-24)17-5-2-15(3-6-17)12-16-4-7-19-14-29-11-10-18(19)13-16/h8-9,15-19,29H,2-7,10-14H2,1H3,(H,30,31,32,33)/t15?,16?,17?,18-,19+/m0/s1. The SMILES string of the molecule is CS(=O)(=O)c1c(C(F)(F)F)ccc(C2CCC(CC3CC[C@@H]4CNCC[C@H]4C3)CC2)c1-c1nn[nH]n1. The van der Waals surface area contributed by atoms with Gasteiger partial charge in [0.25, 0.3) is 0 Å². The molecule has 2 aliphatic carbocycles. The van der Waals surface area contributed by atoms with E-state index in [0.717, 1.165) is 68.8 Å². The Labute approximate surface area is 209 Å². The van der Waals surface area contributed by atoms with Crippen molar-refractivity contribution in [2.75, 3.05) is 19.3 Å². The Balaban J connectivity index is 1.35. The van der Waals surface area contributed by atoms with Crippen molar-refractivity contribution in [3.05, 3.63) is 23.3 Å². The Morgan fingerprint density at radius 1 is 1.00 bits per heavy atom. The fourth-order valence-corrected chi connectivity index (χ4v) is 8.22. The van der Waals surface area contributed by atoms with Gasteiger partial charge in [0.1, 0.15) is 0 Å². The molecule has 0 amide bonds. The van der Waals surface area contributed by atoms with Gasteiger partial charge in [-0.1, -0.05) is 12.5 Å². The number of sulfone groups is 1. The van der Waals surface area contributed by atoms with Crippen LogP contribution in [0.3, 0.4) is 0 Å². The van der Waals surface area contributed by atoms with Crippen LogP contribution in [-0.2, 0) is 16.0 Å². The summed E-state index contributed by atoms with van der Waals surface area (Å²) in [5.41, 5.74) is -0.678. The first-order valence-corrected chi connectivity index (χ1v) is 14.9. The van der Waals surface area contributed by atoms with Gasteiger partial charge in [-0.15, -0.1) is 10.2 Å². The molecule has 2 aromatic rings. The first-order valence-electron chi connectivity index (χ1n) is 13.0. The second-order valence-electron chi connectivity index (χ2n) is 11.1. The first kappa shape index (κ1) is 25.6. The summed E-state index contributed by atoms with van der Waals surface area (Å²) in [6.07, 6.45) is 6.04. The highest BCUT2D eigenvalue weighted by molar-refractivity contribution is 7.91. The maximum atomic E-state index is 13.8. The smallest absolute Gasteiger partial charge is 0.316 e. The number of benzene rings is 1. The number of aromatic nitrogens is 4. The van der Waals surface area contributed by atoms with Gasteiger partial charge in [-0.05, 0) is 111 Å². The maximum absolute atomic E-state index is 13.8. The van der Waals surface area contributed by atoms with Crippen LogP contribution in [-0.4, -0.2) is 48.4 Å². The third-order valence-electron chi connectivity index (χ3n) is 8.74. The van der Waals surface area contributed by atoms with E-state index in [-0.39, 0.29) is 17.3 Å². The Kier molecular flexibility index (Phi) is 7.15. The number of piperidine rings is 1. The first-order chi connectivity index (χ1) is 17.1. The zero-order valence-corrected chi connectivity index (χ0v) is 21.3. The highest BCUT2D eigenvalue weighted by Gasteiger charge is 2.41. The summed E-state index contributed by atoms with van der Waals surface area (Å²) in [6.45, 7) is 2.29. The highest BCUT2D eigenvalue weighted by atomic mass is 32.2. The van der Waals surface area contributed by atoms with Gasteiger partial charge in [0.2, 0.25) is 5.82 Å². The normalized spacial score (nSPS) is 29.6. The summed E-state index contributed by atoms with van der Waals surface area (Å²) >= 11 is 0. The lowest BCUT2D eigenvalue weighted by molar-refractivity contribution is -0.139. The molecule has 5 rings (SSSR count). The fourth-order valence-electron chi connectivity index (χ4n) is 7.06. The minimum absolute atomic E-state index is 0.0438. The van der Waals surface area contributed by atoms with Gasteiger partial charge < -0.3 is 5.32 Å². The van der Waals surface area contributed by atoms with Crippen LogP contribution in [0, 0.1) is 23.7 Å². The van der Waals surface area contributed by atoms with Gasteiger partial charge >= 0.3 is 6.18 Å². The molecule has 0 spiro atoms. The summed E-state index contributed by atoms with van der Waals surface area (Å²) in [5.74, 6) is 2.90. The third-order valence-corrected chi connectivity index (χ3v) is 9.90. The molecule has 36 heavy (non-hydrogen) atoms. The predicted octanol–water partition coefficient (Wildman–Crippen LogP) is 4.98. The molecule has 3 atom stereocenters. The molecule has 7 nitrogen and oxygen atoms in total. The molecule has 1 aromatic heterocycles. The lowest BCUT2D eigenvalue weighted by Gasteiger charge is -2.41. The van der Waals surface area contributed by atoms with Crippen molar-refractivity contribution in [3.8, 4) is 11.4 Å². The molecule has 1 saturated heterocycles. The van der Waals surface area contributed by atoms with Gasteiger partial charge in [0.05, 0.1) is 10.5 Å². The molecule has 11 heteroatoms. The Hall–Kier alpha value is -2.01. The highest BCUT2D eigenvalue weighted by Crippen LogP contribution is 2.47. The third kappa shape index (κ3) is 5.32. The van der Waals surface area contributed by atoms with E-state index < -0.39 is 26.5 Å². The summed E-state index contributed by atoms with van der Waals surface area (Å²) in [5, 5.41) is 17.0. The number of rotatable bonds is 5. The lowest BCUT2D eigenvalue weighted by Crippen LogP contribution is -2.40. The van der Waals surface area contributed by atoms with Crippen LogP contribution in [0.2, 0.25) is 0 Å².